The number of benzene rings is 1. The van der Waals surface area contributed by atoms with Crippen molar-refractivity contribution in [2.24, 2.45) is 0 Å². The molecule has 0 bridgehead atoms. The normalized spacial score (nSPS) is 35.3. The number of nitro benzene ring substituents is 1. The Morgan fingerprint density at radius 2 is 1.59 bits per heavy atom. The SMILES string of the molecule is CC(=O)N[C@@H]1[C@@H](Oc2ccccc2[N+](=O)[O-])O[C@@H](CO)[C@H](O)[C@@H]1O[C@@H]1O[C@@H](CO)[C@H](O)[C@H](OS(=O)(=O)O)[C@@H]1O. The summed E-state index contributed by atoms with van der Waals surface area (Å²) < 4.78 is 58.0. The second-order valence-electron chi connectivity index (χ2n) is 8.58. The van der Waals surface area contributed by atoms with Gasteiger partial charge in [0.2, 0.25) is 12.2 Å². The van der Waals surface area contributed by atoms with Crippen LogP contribution in [0.1, 0.15) is 6.92 Å². The van der Waals surface area contributed by atoms with Crippen LogP contribution in [0, 0.1) is 10.1 Å². The number of carbonyl (C=O) groups excluding carboxylic acids is 1. The van der Waals surface area contributed by atoms with Gasteiger partial charge in [-0.3, -0.25) is 19.5 Å². The van der Waals surface area contributed by atoms with Crippen LogP contribution in [-0.2, 0) is 33.6 Å². The number of hydrogen-bond donors (Lipinski definition) is 7. The molecule has 220 valence electrons. The first-order chi connectivity index (χ1) is 18.3. The monoisotopic (exact) mass is 584 g/mol. The molecule has 10 atom stereocenters. The number of ether oxygens (including phenoxy) is 4. The van der Waals surface area contributed by atoms with E-state index >= 15 is 0 Å². The number of carbonyl (C=O) groups is 1. The standard InChI is InChI=1S/C20H28N2O16S/c1-8(25)21-13-17(37-20-16(28)18(38-39(31,32)33)15(27)12(7-24)36-20)14(26)11(6-23)35-19(13)34-10-5-3-2-4-9(10)22(29)30/h2-5,11-20,23-24,26-28H,6-7H2,1H3,(H,21,25)(H,31,32,33)/t11-,12-,13-,14-,15-,16-,17+,18-,19-,20-/m0/s1. The van der Waals surface area contributed by atoms with Gasteiger partial charge >= 0.3 is 16.1 Å². The van der Waals surface area contributed by atoms with E-state index in [1.54, 1.807) is 0 Å². The molecule has 1 aromatic rings. The van der Waals surface area contributed by atoms with E-state index in [0.29, 0.717) is 0 Å². The fraction of sp³-hybridized carbons (Fsp3) is 0.650. The molecular formula is C20H28N2O16S. The fourth-order valence-electron chi connectivity index (χ4n) is 4.13. The first-order valence-electron chi connectivity index (χ1n) is 11.3. The van der Waals surface area contributed by atoms with Crippen LogP contribution >= 0.6 is 0 Å². The lowest BCUT2D eigenvalue weighted by molar-refractivity contribution is -0.387. The molecule has 0 saturated carbocycles. The van der Waals surface area contributed by atoms with Gasteiger partial charge in [-0.05, 0) is 6.07 Å². The molecule has 19 heteroatoms. The molecule has 0 aromatic heterocycles. The smallest absolute Gasteiger partial charge is 0.397 e. The second-order valence-corrected chi connectivity index (χ2v) is 9.63. The van der Waals surface area contributed by atoms with Crippen molar-refractivity contribution in [1.82, 2.24) is 5.32 Å². The highest BCUT2D eigenvalue weighted by Crippen LogP contribution is 2.33. The van der Waals surface area contributed by atoms with Crippen molar-refractivity contribution in [2.45, 2.75) is 68.3 Å². The number of amides is 1. The van der Waals surface area contributed by atoms with Gasteiger partial charge in [0.15, 0.2) is 12.0 Å². The maximum atomic E-state index is 12.0. The lowest BCUT2D eigenvalue weighted by Crippen LogP contribution is -2.68. The second kappa shape index (κ2) is 12.7. The number of nitro groups is 1. The highest BCUT2D eigenvalue weighted by molar-refractivity contribution is 7.80. The van der Waals surface area contributed by atoms with E-state index in [1.165, 1.54) is 18.2 Å². The highest BCUT2D eigenvalue weighted by atomic mass is 32.3. The summed E-state index contributed by atoms with van der Waals surface area (Å²) in [6.45, 7) is -0.706. The van der Waals surface area contributed by atoms with Crippen LogP contribution in [0.15, 0.2) is 24.3 Å². The van der Waals surface area contributed by atoms with E-state index < -0.39 is 101 Å². The van der Waals surface area contributed by atoms with Crippen LogP contribution in [0.2, 0.25) is 0 Å². The Morgan fingerprint density at radius 1 is 1.03 bits per heavy atom. The molecule has 0 aliphatic carbocycles. The van der Waals surface area contributed by atoms with Gasteiger partial charge in [-0.2, -0.15) is 8.42 Å². The summed E-state index contributed by atoms with van der Waals surface area (Å²) in [6.07, 6.45) is -16.4. The summed E-state index contributed by atoms with van der Waals surface area (Å²) in [6, 6.07) is 3.62. The Bertz CT molecular complexity index is 1120. The van der Waals surface area contributed by atoms with E-state index in [1.807, 2.05) is 0 Å². The average Bonchev–Trinajstić information content (AvgIpc) is 2.86. The number of hydrogen-bond acceptors (Lipinski definition) is 15. The third-order valence-electron chi connectivity index (χ3n) is 5.87. The summed E-state index contributed by atoms with van der Waals surface area (Å²) in [5.74, 6) is -1.03. The van der Waals surface area contributed by atoms with E-state index in [2.05, 4.69) is 9.50 Å². The number of rotatable bonds is 10. The molecule has 0 unspecified atom stereocenters. The van der Waals surface area contributed by atoms with E-state index in [-0.39, 0.29) is 5.75 Å². The van der Waals surface area contributed by atoms with E-state index in [9.17, 15) is 48.9 Å². The zero-order chi connectivity index (χ0) is 29.1. The van der Waals surface area contributed by atoms with Crippen molar-refractivity contribution >= 4 is 22.0 Å². The Balaban J connectivity index is 1.97. The van der Waals surface area contributed by atoms with Crippen molar-refractivity contribution < 1.29 is 71.4 Å². The molecule has 0 radical (unpaired) electrons. The van der Waals surface area contributed by atoms with Crippen molar-refractivity contribution in [1.29, 1.82) is 0 Å². The van der Waals surface area contributed by atoms with Gasteiger partial charge in [0.1, 0.15) is 48.8 Å². The van der Waals surface area contributed by atoms with Crippen LogP contribution in [0.25, 0.3) is 0 Å². The van der Waals surface area contributed by atoms with Crippen LogP contribution in [0.4, 0.5) is 5.69 Å². The largest absolute Gasteiger partial charge is 0.455 e. The van der Waals surface area contributed by atoms with Crippen LogP contribution < -0.4 is 10.1 Å². The molecule has 3 rings (SSSR count). The molecule has 1 aromatic carbocycles. The Morgan fingerprint density at radius 3 is 2.13 bits per heavy atom. The summed E-state index contributed by atoms with van der Waals surface area (Å²) in [7, 11) is -5.23. The maximum Gasteiger partial charge on any atom is 0.397 e. The van der Waals surface area contributed by atoms with Crippen molar-refractivity contribution in [3.05, 3.63) is 34.4 Å². The Labute approximate surface area is 220 Å². The molecule has 18 nitrogen and oxygen atoms in total. The quantitative estimate of drug-likeness (QED) is 0.0800. The lowest BCUT2D eigenvalue weighted by Gasteiger charge is -2.47. The van der Waals surface area contributed by atoms with E-state index in [4.69, 9.17) is 23.5 Å². The van der Waals surface area contributed by atoms with Crippen molar-refractivity contribution in [3.63, 3.8) is 0 Å². The lowest BCUT2D eigenvalue weighted by atomic mass is 9.95. The predicted molar refractivity (Wildman–Crippen MR) is 122 cm³/mol. The maximum absolute atomic E-state index is 12.0. The molecule has 39 heavy (non-hydrogen) atoms. The molecule has 2 aliphatic rings. The molecule has 2 aliphatic heterocycles. The molecular weight excluding hydrogens is 556 g/mol. The highest BCUT2D eigenvalue weighted by Gasteiger charge is 2.53. The Hall–Kier alpha value is -2.56. The summed E-state index contributed by atoms with van der Waals surface area (Å²) in [5, 5.41) is 64.8. The number of para-hydroxylation sites is 2. The number of nitrogens with one attached hydrogen (secondary N) is 1. The van der Waals surface area contributed by atoms with Gasteiger partial charge in [-0.1, -0.05) is 12.1 Å². The first kappa shape index (κ1) is 31.0. The molecule has 2 fully saturated rings. The van der Waals surface area contributed by atoms with E-state index in [0.717, 1.165) is 13.0 Å². The summed E-state index contributed by atoms with van der Waals surface area (Å²) >= 11 is 0. The van der Waals surface area contributed by atoms with Gasteiger partial charge in [-0.25, -0.2) is 4.18 Å². The number of aliphatic hydroxyl groups is 5. The number of nitrogens with zero attached hydrogens (tertiary/aromatic N) is 1. The van der Waals surface area contributed by atoms with Gasteiger partial charge in [-0.15, -0.1) is 0 Å². The van der Waals surface area contributed by atoms with Gasteiger partial charge in [0.05, 0.1) is 18.1 Å². The molecule has 2 saturated heterocycles. The Kier molecular flexibility index (Phi) is 10.1. The minimum absolute atomic E-state index is 0.311. The predicted octanol–water partition coefficient (Wildman–Crippen LogP) is -3.43. The zero-order valence-electron chi connectivity index (χ0n) is 20.1. The fourth-order valence-corrected chi connectivity index (χ4v) is 4.63. The number of aliphatic hydroxyl groups excluding tert-OH is 5. The molecule has 0 spiro atoms. The van der Waals surface area contributed by atoms with Crippen molar-refractivity contribution in [2.75, 3.05) is 13.2 Å². The van der Waals surface area contributed by atoms with Crippen molar-refractivity contribution in [3.8, 4) is 5.75 Å². The summed E-state index contributed by atoms with van der Waals surface area (Å²) in [4.78, 5) is 22.7. The molecule has 1 amide bonds. The van der Waals surface area contributed by atoms with Gasteiger partial charge in [0, 0.05) is 13.0 Å². The minimum atomic E-state index is -5.23. The first-order valence-corrected chi connectivity index (χ1v) is 12.7. The van der Waals surface area contributed by atoms with Gasteiger partial charge in [0.25, 0.3) is 0 Å². The third kappa shape index (κ3) is 7.35. The van der Waals surface area contributed by atoms with Crippen LogP contribution in [-0.4, -0.2) is 124 Å². The van der Waals surface area contributed by atoms with Gasteiger partial charge < -0.3 is 49.8 Å². The van der Waals surface area contributed by atoms with Crippen LogP contribution in [0.5, 0.6) is 5.75 Å². The minimum Gasteiger partial charge on any atom is -0.455 e. The van der Waals surface area contributed by atoms with Crippen LogP contribution in [0.3, 0.4) is 0 Å². The molecule has 2 heterocycles. The third-order valence-corrected chi connectivity index (χ3v) is 6.34. The zero-order valence-corrected chi connectivity index (χ0v) is 20.9. The average molecular weight is 585 g/mol. The topological polar surface area (TPSA) is 274 Å². The molecule has 7 N–H and O–H groups in total. The summed E-state index contributed by atoms with van der Waals surface area (Å²) in [5.41, 5.74) is -0.483.